The zero-order chi connectivity index (χ0) is 12.7. The van der Waals surface area contributed by atoms with Crippen LogP contribution in [0.4, 0.5) is 4.79 Å². The molecule has 1 aliphatic heterocycles. The first-order valence-corrected chi connectivity index (χ1v) is 6.11. The summed E-state index contributed by atoms with van der Waals surface area (Å²) in [4.78, 5) is 24.6. The second-order valence-corrected chi connectivity index (χ2v) is 4.26. The summed E-state index contributed by atoms with van der Waals surface area (Å²) in [7, 11) is 0. The molecule has 0 aromatic carbocycles. The van der Waals surface area contributed by atoms with Gasteiger partial charge in [0.1, 0.15) is 0 Å². The van der Waals surface area contributed by atoms with Gasteiger partial charge in [0, 0.05) is 13.1 Å². The lowest BCUT2D eigenvalue weighted by atomic mass is 9.98. The molecule has 3 N–H and O–H groups in total. The van der Waals surface area contributed by atoms with Gasteiger partial charge in [-0.1, -0.05) is 13.3 Å². The molecular weight excluding hydrogens is 222 g/mol. The SMILES string of the molecule is CCCCOC(=O)N1CCC[C@H](C(=O)NN)C1. The lowest BCUT2D eigenvalue weighted by Gasteiger charge is -2.30. The summed E-state index contributed by atoms with van der Waals surface area (Å²) in [5.74, 6) is 4.66. The monoisotopic (exact) mass is 243 g/mol. The quantitative estimate of drug-likeness (QED) is 0.328. The summed E-state index contributed by atoms with van der Waals surface area (Å²) in [5, 5.41) is 0. The van der Waals surface area contributed by atoms with Crippen molar-refractivity contribution in [2.75, 3.05) is 19.7 Å². The molecule has 0 radical (unpaired) electrons. The van der Waals surface area contributed by atoms with Gasteiger partial charge in [0.05, 0.1) is 12.5 Å². The van der Waals surface area contributed by atoms with Gasteiger partial charge in [-0.15, -0.1) is 0 Å². The van der Waals surface area contributed by atoms with E-state index in [0.29, 0.717) is 19.7 Å². The van der Waals surface area contributed by atoms with Crippen molar-refractivity contribution in [3.05, 3.63) is 0 Å². The van der Waals surface area contributed by atoms with Crippen LogP contribution in [0.1, 0.15) is 32.6 Å². The van der Waals surface area contributed by atoms with Gasteiger partial charge >= 0.3 is 6.09 Å². The topological polar surface area (TPSA) is 84.7 Å². The summed E-state index contributed by atoms with van der Waals surface area (Å²) in [6.45, 7) is 3.53. The van der Waals surface area contributed by atoms with E-state index in [1.54, 1.807) is 4.90 Å². The van der Waals surface area contributed by atoms with Crippen LogP contribution in [-0.4, -0.2) is 36.6 Å². The molecule has 0 aliphatic carbocycles. The first-order chi connectivity index (χ1) is 8.19. The number of ether oxygens (including phenoxy) is 1. The predicted molar refractivity (Wildman–Crippen MR) is 62.9 cm³/mol. The normalized spacial score (nSPS) is 19.9. The molecule has 6 heteroatoms. The Balaban J connectivity index is 2.37. The Kier molecular flexibility index (Phi) is 5.76. The van der Waals surface area contributed by atoms with E-state index in [2.05, 4.69) is 5.43 Å². The van der Waals surface area contributed by atoms with Crippen LogP contribution in [-0.2, 0) is 9.53 Å². The Morgan fingerprint density at radius 1 is 1.53 bits per heavy atom. The van der Waals surface area contributed by atoms with Crippen molar-refractivity contribution in [2.24, 2.45) is 11.8 Å². The lowest BCUT2D eigenvalue weighted by molar-refractivity contribution is -0.126. The zero-order valence-electron chi connectivity index (χ0n) is 10.3. The van der Waals surface area contributed by atoms with Gasteiger partial charge < -0.3 is 9.64 Å². The molecule has 1 rings (SSSR count). The van der Waals surface area contributed by atoms with E-state index in [4.69, 9.17) is 10.6 Å². The largest absolute Gasteiger partial charge is 0.449 e. The van der Waals surface area contributed by atoms with E-state index >= 15 is 0 Å². The fourth-order valence-corrected chi connectivity index (χ4v) is 1.87. The summed E-state index contributed by atoms with van der Waals surface area (Å²) < 4.78 is 5.11. The highest BCUT2D eigenvalue weighted by Gasteiger charge is 2.28. The highest BCUT2D eigenvalue weighted by Crippen LogP contribution is 2.17. The molecule has 98 valence electrons. The smallest absolute Gasteiger partial charge is 0.409 e. The van der Waals surface area contributed by atoms with Gasteiger partial charge in [0.2, 0.25) is 5.91 Å². The minimum Gasteiger partial charge on any atom is -0.449 e. The van der Waals surface area contributed by atoms with Crippen molar-refractivity contribution in [3.63, 3.8) is 0 Å². The third-order valence-corrected chi connectivity index (χ3v) is 2.92. The van der Waals surface area contributed by atoms with Crippen molar-refractivity contribution in [2.45, 2.75) is 32.6 Å². The van der Waals surface area contributed by atoms with E-state index in [-0.39, 0.29) is 17.9 Å². The number of hydrogen-bond donors (Lipinski definition) is 2. The maximum absolute atomic E-state index is 11.7. The molecule has 1 heterocycles. The minimum absolute atomic E-state index is 0.212. The number of hydrogen-bond acceptors (Lipinski definition) is 4. The van der Waals surface area contributed by atoms with Gasteiger partial charge in [-0.05, 0) is 19.3 Å². The Labute approximate surface area is 101 Å². The molecular formula is C11H21N3O3. The second kappa shape index (κ2) is 7.11. The molecule has 0 spiro atoms. The third kappa shape index (κ3) is 4.22. The van der Waals surface area contributed by atoms with Gasteiger partial charge in [-0.3, -0.25) is 10.2 Å². The summed E-state index contributed by atoms with van der Waals surface area (Å²) in [6, 6.07) is 0. The maximum Gasteiger partial charge on any atom is 0.409 e. The Bertz CT molecular complexity index is 271. The van der Waals surface area contributed by atoms with E-state index in [1.165, 1.54) is 0 Å². The van der Waals surface area contributed by atoms with Crippen LogP contribution in [0.3, 0.4) is 0 Å². The van der Waals surface area contributed by atoms with Crippen LogP contribution in [0, 0.1) is 5.92 Å². The molecule has 17 heavy (non-hydrogen) atoms. The number of likely N-dealkylation sites (tertiary alicyclic amines) is 1. The maximum atomic E-state index is 11.7. The van der Waals surface area contributed by atoms with Crippen molar-refractivity contribution < 1.29 is 14.3 Å². The molecule has 0 bridgehead atoms. The first-order valence-electron chi connectivity index (χ1n) is 6.11. The van der Waals surface area contributed by atoms with E-state index in [1.807, 2.05) is 6.92 Å². The van der Waals surface area contributed by atoms with Gasteiger partial charge in [0.15, 0.2) is 0 Å². The molecule has 1 atom stereocenters. The number of nitrogens with zero attached hydrogens (tertiary/aromatic N) is 1. The zero-order valence-corrected chi connectivity index (χ0v) is 10.3. The highest BCUT2D eigenvalue weighted by molar-refractivity contribution is 5.79. The molecule has 0 aromatic rings. The summed E-state index contributed by atoms with van der Waals surface area (Å²) in [5.41, 5.74) is 2.13. The van der Waals surface area contributed by atoms with Crippen LogP contribution < -0.4 is 11.3 Å². The fraction of sp³-hybridized carbons (Fsp3) is 0.818. The van der Waals surface area contributed by atoms with Crippen LogP contribution in [0.2, 0.25) is 0 Å². The predicted octanol–water partition coefficient (Wildman–Crippen LogP) is 0.625. The number of piperidine rings is 1. The summed E-state index contributed by atoms with van der Waals surface area (Å²) in [6.07, 6.45) is 3.11. The number of nitrogens with one attached hydrogen (secondary N) is 1. The molecule has 1 aliphatic rings. The van der Waals surface area contributed by atoms with Gasteiger partial charge in [0.25, 0.3) is 0 Å². The third-order valence-electron chi connectivity index (χ3n) is 2.92. The number of rotatable bonds is 4. The number of carbonyl (C=O) groups is 2. The highest BCUT2D eigenvalue weighted by atomic mass is 16.6. The van der Waals surface area contributed by atoms with Crippen molar-refractivity contribution in [1.82, 2.24) is 10.3 Å². The summed E-state index contributed by atoms with van der Waals surface area (Å²) >= 11 is 0. The molecule has 1 fully saturated rings. The van der Waals surface area contributed by atoms with E-state index in [9.17, 15) is 9.59 Å². The van der Waals surface area contributed by atoms with E-state index < -0.39 is 0 Å². The van der Waals surface area contributed by atoms with Crippen LogP contribution in [0.15, 0.2) is 0 Å². The molecule has 6 nitrogen and oxygen atoms in total. The fourth-order valence-electron chi connectivity index (χ4n) is 1.87. The number of nitrogens with two attached hydrogens (primary N) is 1. The second-order valence-electron chi connectivity index (χ2n) is 4.26. The average molecular weight is 243 g/mol. The molecule has 0 unspecified atom stereocenters. The van der Waals surface area contributed by atoms with Crippen LogP contribution in [0.25, 0.3) is 0 Å². The average Bonchev–Trinajstić information content (AvgIpc) is 2.38. The molecule has 0 aromatic heterocycles. The number of amides is 2. The standard InChI is InChI=1S/C11H21N3O3/c1-2-3-7-17-11(16)14-6-4-5-9(8-14)10(15)13-12/h9H,2-8,12H2,1H3,(H,13,15)/t9-/m0/s1. The Morgan fingerprint density at radius 3 is 2.94 bits per heavy atom. The van der Waals surface area contributed by atoms with Gasteiger partial charge in [-0.2, -0.15) is 0 Å². The Morgan fingerprint density at radius 2 is 2.29 bits per heavy atom. The van der Waals surface area contributed by atoms with Gasteiger partial charge in [-0.25, -0.2) is 10.6 Å². The molecule has 2 amide bonds. The Hall–Kier alpha value is -1.30. The minimum atomic E-state index is -0.326. The van der Waals surface area contributed by atoms with E-state index in [0.717, 1.165) is 25.7 Å². The molecule has 0 saturated carbocycles. The first kappa shape index (κ1) is 13.8. The number of unbranched alkanes of at least 4 members (excludes halogenated alkanes) is 1. The van der Waals surface area contributed by atoms with Crippen molar-refractivity contribution in [3.8, 4) is 0 Å². The number of hydrazine groups is 1. The molecule has 1 saturated heterocycles. The number of carbonyl (C=O) groups excluding carboxylic acids is 2. The van der Waals surface area contributed by atoms with Crippen LogP contribution >= 0.6 is 0 Å². The lowest BCUT2D eigenvalue weighted by Crippen LogP contribution is -2.47. The van der Waals surface area contributed by atoms with Crippen LogP contribution in [0.5, 0.6) is 0 Å². The van der Waals surface area contributed by atoms with Crippen molar-refractivity contribution >= 4 is 12.0 Å². The van der Waals surface area contributed by atoms with Crippen molar-refractivity contribution in [1.29, 1.82) is 0 Å².